The molecule has 1 aliphatic heterocycles. The van der Waals surface area contributed by atoms with E-state index < -0.39 is 0 Å². The van der Waals surface area contributed by atoms with Gasteiger partial charge in [0.2, 0.25) is 0 Å². The molecule has 0 N–H and O–H groups in total. The van der Waals surface area contributed by atoms with E-state index in [0.717, 1.165) is 37.9 Å². The first-order valence-electron chi connectivity index (χ1n) is 5.69. The number of unbranched alkanes of at least 4 members (excludes halogenated alkanes) is 2. The molecule has 1 heterocycles. The molecule has 1 atom stereocenters. The monoisotopic (exact) mass is 283 g/mol. The minimum atomic E-state index is 0.0391. The van der Waals surface area contributed by atoms with Crippen molar-refractivity contribution in [1.82, 2.24) is 4.90 Å². The number of hydrogen-bond donors (Lipinski definition) is 0. The molecular formula is C12H18AsNO2. The number of ketones is 1. The first-order chi connectivity index (χ1) is 7.52. The summed E-state index contributed by atoms with van der Waals surface area (Å²) in [5.41, 5.74) is 0.933. The van der Waals surface area contributed by atoms with Crippen LogP contribution in [-0.4, -0.2) is 40.0 Å². The van der Waals surface area contributed by atoms with Crippen LogP contribution in [0.1, 0.15) is 39.0 Å². The van der Waals surface area contributed by atoms with E-state index in [1.54, 1.807) is 11.8 Å². The molecule has 1 fully saturated rings. The van der Waals surface area contributed by atoms with Crippen LogP contribution in [0.3, 0.4) is 0 Å². The average Bonchev–Trinajstić information content (AvgIpc) is 2.43. The van der Waals surface area contributed by atoms with Crippen LogP contribution in [0.15, 0.2) is 12.3 Å². The van der Waals surface area contributed by atoms with Gasteiger partial charge in [-0.3, -0.25) is 0 Å². The Morgan fingerprint density at radius 3 is 2.69 bits per heavy atom. The van der Waals surface area contributed by atoms with Gasteiger partial charge in [0.25, 0.3) is 0 Å². The van der Waals surface area contributed by atoms with Crippen LogP contribution in [0.5, 0.6) is 0 Å². The number of hydrogen-bond acceptors (Lipinski definition) is 2. The molecule has 0 aromatic carbocycles. The van der Waals surface area contributed by atoms with E-state index in [1.807, 2.05) is 0 Å². The second-order valence-electron chi connectivity index (χ2n) is 4.29. The quantitative estimate of drug-likeness (QED) is 0.551. The van der Waals surface area contributed by atoms with Gasteiger partial charge in [0.1, 0.15) is 0 Å². The fourth-order valence-corrected chi connectivity index (χ4v) is 2.58. The predicted molar refractivity (Wildman–Crippen MR) is 64.1 cm³/mol. The number of Topliss-reactive ketones (excluding diaryl/α,β-unsaturated/α-hetero) is 1. The van der Waals surface area contributed by atoms with Gasteiger partial charge >= 0.3 is 106 Å². The van der Waals surface area contributed by atoms with Gasteiger partial charge in [-0.2, -0.15) is 0 Å². The molecule has 1 aliphatic rings. The van der Waals surface area contributed by atoms with Gasteiger partial charge in [0.15, 0.2) is 0 Å². The zero-order valence-electron chi connectivity index (χ0n) is 9.74. The number of amides is 1. The third kappa shape index (κ3) is 3.78. The number of carbonyl (C=O) groups excluding carboxylic acids is 2. The predicted octanol–water partition coefficient (Wildman–Crippen LogP) is 1.84. The Bertz CT molecular complexity index is 301. The van der Waals surface area contributed by atoms with Gasteiger partial charge in [0.05, 0.1) is 0 Å². The van der Waals surface area contributed by atoms with Crippen LogP contribution in [0.2, 0.25) is 4.71 Å². The van der Waals surface area contributed by atoms with E-state index in [2.05, 4.69) is 23.4 Å². The van der Waals surface area contributed by atoms with Crippen LogP contribution < -0.4 is 0 Å². The topological polar surface area (TPSA) is 37.4 Å². The number of likely N-dealkylation sites (tertiary alicyclic amines) is 1. The zero-order chi connectivity index (χ0) is 12.1. The van der Waals surface area contributed by atoms with Crippen molar-refractivity contribution in [2.45, 2.75) is 43.7 Å². The molecule has 0 aromatic heterocycles. The summed E-state index contributed by atoms with van der Waals surface area (Å²) in [6.45, 7) is 6.27. The third-order valence-corrected chi connectivity index (χ3v) is 3.62. The van der Waals surface area contributed by atoms with Crippen LogP contribution in [0.25, 0.3) is 0 Å². The van der Waals surface area contributed by atoms with Crippen molar-refractivity contribution < 1.29 is 9.59 Å². The number of carbonyl (C=O) groups is 2. The van der Waals surface area contributed by atoms with Crippen molar-refractivity contribution in [2.75, 3.05) is 6.54 Å². The average molecular weight is 283 g/mol. The second kappa shape index (κ2) is 6.24. The van der Waals surface area contributed by atoms with E-state index in [4.69, 9.17) is 0 Å². The van der Waals surface area contributed by atoms with E-state index in [9.17, 15) is 9.59 Å². The molecule has 0 aromatic rings. The fraction of sp³-hybridized carbons (Fsp3) is 0.667. The van der Waals surface area contributed by atoms with Crippen molar-refractivity contribution in [3.05, 3.63) is 12.3 Å². The molecule has 3 nitrogen and oxygen atoms in total. The Balaban J connectivity index is 2.20. The summed E-state index contributed by atoms with van der Waals surface area (Å²) < 4.78 is 0.0391. The standard InChI is InChI=1S/C12H18AsNO2/c1-9-8-11(13)12(16)14(9)7-5-3-4-6-10(2)15/h11H,1,3-8H2,2H3. The Morgan fingerprint density at radius 1 is 1.50 bits per heavy atom. The number of nitrogens with zero attached hydrogens (tertiary/aromatic N) is 1. The summed E-state index contributed by atoms with van der Waals surface area (Å²) in [5, 5.41) is 0. The summed E-state index contributed by atoms with van der Waals surface area (Å²) in [6.07, 6.45) is 4.31. The van der Waals surface area contributed by atoms with Crippen LogP contribution in [0.4, 0.5) is 0 Å². The normalized spacial score (nSPS) is 20.6. The van der Waals surface area contributed by atoms with Crippen LogP contribution in [-0.2, 0) is 9.59 Å². The molecule has 1 saturated heterocycles. The molecule has 0 aliphatic carbocycles. The van der Waals surface area contributed by atoms with Gasteiger partial charge in [-0.05, 0) is 0 Å². The summed E-state index contributed by atoms with van der Waals surface area (Å²) in [5.74, 6) is 0.421. The number of allylic oxidation sites excluding steroid dienone is 1. The molecule has 4 heteroatoms. The van der Waals surface area contributed by atoms with Crippen molar-refractivity contribution in [3.8, 4) is 0 Å². The van der Waals surface area contributed by atoms with E-state index in [1.165, 1.54) is 0 Å². The van der Waals surface area contributed by atoms with E-state index in [0.29, 0.717) is 6.42 Å². The summed E-state index contributed by atoms with van der Waals surface area (Å²) in [4.78, 5) is 24.2. The molecule has 0 bridgehead atoms. The molecule has 1 unspecified atom stereocenters. The van der Waals surface area contributed by atoms with E-state index >= 15 is 0 Å². The Hall–Kier alpha value is -0.562. The molecule has 0 saturated carbocycles. The summed E-state index contributed by atoms with van der Waals surface area (Å²) in [7, 11) is 0. The van der Waals surface area contributed by atoms with Crippen molar-refractivity contribution in [3.63, 3.8) is 0 Å². The maximum absolute atomic E-state index is 11.7. The zero-order valence-corrected chi connectivity index (χ0v) is 11.6. The van der Waals surface area contributed by atoms with Crippen molar-refractivity contribution >= 4 is 28.5 Å². The molecule has 88 valence electrons. The van der Waals surface area contributed by atoms with Crippen LogP contribution in [0, 0.1) is 0 Å². The number of rotatable bonds is 6. The van der Waals surface area contributed by atoms with Crippen molar-refractivity contribution in [1.29, 1.82) is 0 Å². The van der Waals surface area contributed by atoms with Crippen molar-refractivity contribution in [2.24, 2.45) is 0 Å². The third-order valence-electron chi connectivity index (χ3n) is 2.77. The Labute approximate surface area is 106 Å². The molecule has 1 rings (SSSR count). The summed E-state index contributed by atoms with van der Waals surface area (Å²) >= 11 is 2.41. The maximum atomic E-state index is 11.7. The first-order valence-corrected chi connectivity index (χ1v) is 6.77. The Kier molecular flexibility index (Phi) is 5.27. The fourth-order valence-electron chi connectivity index (χ4n) is 1.85. The van der Waals surface area contributed by atoms with E-state index in [-0.39, 0.29) is 16.4 Å². The molecule has 16 heavy (non-hydrogen) atoms. The van der Waals surface area contributed by atoms with Crippen LogP contribution >= 0.6 is 0 Å². The SMILES string of the molecule is C=C1CC([As])C(=O)N1CCCCCC(C)=O. The van der Waals surface area contributed by atoms with Gasteiger partial charge in [-0.1, -0.05) is 0 Å². The first kappa shape index (κ1) is 13.5. The Morgan fingerprint density at radius 2 is 2.19 bits per heavy atom. The van der Waals surface area contributed by atoms with Gasteiger partial charge < -0.3 is 0 Å². The summed E-state index contributed by atoms with van der Waals surface area (Å²) in [6, 6.07) is 0. The molecule has 1 amide bonds. The molecule has 0 spiro atoms. The van der Waals surface area contributed by atoms with Gasteiger partial charge in [-0.25, -0.2) is 0 Å². The minimum absolute atomic E-state index is 0.0391. The van der Waals surface area contributed by atoms with Gasteiger partial charge in [0, 0.05) is 0 Å². The van der Waals surface area contributed by atoms with Gasteiger partial charge in [-0.15, -0.1) is 0 Å². The second-order valence-corrected chi connectivity index (χ2v) is 5.60. The molecule has 2 radical (unpaired) electrons. The molecular weight excluding hydrogens is 265 g/mol.